The van der Waals surface area contributed by atoms with Gasteiger partial charge >= 0.3 is 0 Å². The van der Waals surface area contributed by atoms with E-state index in [9.17, 15) is 13.2 Å². The van der Waals surface area contributed by atoms with Crippen molar-refractivity contribution < 1.29 is 22.7 Å². The highest BCUT2D eigenvalue weighted by molar-refractivity contribution is 7.90. The lowest BCUT2D eigenvalue weighted by atomic mass is 10.2. The standard InChI is InChI=1S/C26H26N2O5S/c1-18-8-10-19(11-9-18)17-34(30,31)25-15-28(22-7-5-4-6-21(22)25)16-26(29)27-20-12-13-23(32-2)24(14-20)33-3/h4-15H,16-17H2,1-3H3,(H,27,29). The van der Waals surface area contributed by atoms with E-state index in [0.717, 1.165) is 5.56 Å². The van der Waals surface area contributed by atoms with Crippen LogP contribution in [-0.4, -0.2) is 33.1 Å². The highest BCUT2D eigenvalue weighted by Gasteiger charge is 2.22. The van der Waals surface area contributed by atoms with Crippen molar-refractivity contribution in [1.29, 1.82) is 0 Å². The number of nitrogens with one attached hydrogen (secondary N) is 1. The molecule has 0 unspecified atom stereocenters. The summed E-state index contributed by atoms with van der Waals surface area (Å²) in [7, 11) is -0.565. The Morgan fingerprint density at radius 1 is 0.941 bits per heavy atom. The van der Waals surface area contributed by atoms with Crippen LogP contribution in [0.2, 0.25) is 0 Å². The molecule has 0 atom stereocenters. The van der Waals surface area contributed by atoms with Crippen molar-refractivity contribution in [2.75, 3.05) is 19.5 Å². The van der Waals surface area contributed by atoms with Crippen LogP contribution in [0.1, 0.15) is 11.1 Å². The van der Waals surface area contributed by atoms with Crippen molar-refractivity contribution in [3.8, 4) is 11.5 Å². The maximum Gasteiger partial charge on any atom is 0.244 e. The first kappa shape index (κ1) is 23.4. The second-order valence-electron chi connectivity index (χ2n) is 8.00. The predicted molar refractivity (Wildman–Crippen MR) is 132 cm³/mol. The number of nitrogens with zero attached hydrogens (tertiary/aromatic N) is 1. The van der Waals surface area contributed by atoms with Crippen LogP contribution in [0.15, 0.2) is 77.8 Å². The van der Waals surface area contributed by atoms with Gasteiger partial charge in [-0.1, -0.05) is 48.0 Å². The van der Waals surface area contributed by atoms with Crippen LogP contribution < -0.4 is 14.8 Å². The van der Waals surface area contributed by atoms with Crippen molar-refractivity contribution in [1.82, 2.24) is 4.57 Å². The molecule has 0 bridgehead atoms. The van der Waals surface area contributed by atoms with Gasteiger partial charge in [0.2, 0.25) is 5.91 Å². The van der Waals surface area contributed by atoms with Crippen LogP contribution >= 0.6 is 0 Å². The van der Waals surface area contributed by atoms with Gasteiger partial charge in [-0.2, -0.15) is 0 Å². The summed E-state index contributed by atoms with van der Waals surface area (Å²) in [6.07, 6.45) is 1.54. The van der Waals surface area contributed by atoms with Gasteiger partial charge in [-0.25, -0.2) is 8.42 Å². The summed E-state index contributed by atoms with van der Waals surface area (Å²) in [6.45, 7) is 1.91. The molecule has 4 aromatic rings. The summed E-state index contributed by atoms with van der Waals surface area (Å²) in [5, 5.41) is 3.42. The zero-order chi connectivity index (χ0) is 24.3. The van der Waals surface area contributed by atoms with Gasteiger partial charge in [0, 0.05) is 28.9 Å². The number of methoxy groups -OCH3 is 2. The van der Waals surface area contributed by atoms with Crippen molar-refractivity contribution in [3.63, 3.8) is 0 Å². The topological polar surface area (TPSA) is 86.6 Å². The van der Waals surface area contributed by atoms with E-state index >= 15 is 0 Å². The minimum atomic E-state index is -3.63. The summed E-state index contributed by atoms with van der Waals surface area (Å²) in [4.78, 5) is 13.0. The number of aromatic nitrogens is 1. The molecule has 0 aliphatic heterocycles. The van der Waals surface area contributed by atoms with E-state index < -0.39 is 9.84 Å². The van der Waals surface area contributed by atoms with Crippen LogP contribution in [0.25, 0.3) is 10.9 Å². The molecule has 176 valence electrons. The first-order valence-electron chi connectivity index (χ1n) is 10.7. The number of rotatable bonds is 8. The van der Waals surface area contributed by atoms with E-state index in [-0.39, 0.29) is 23.1 Å². The average Bonchev–Trinajstić information content (AvgIpc) is 3.19. The smallest absolute Gasteiger partial charge is 0.244 e. The summed E-state index contributed by atoms with van der Waals surface area (Å²) >= 11 is 0. The molecule has 0 spiro atoms. The number of anilines is 1. The minimum Gasteiger partial charge on any atom is -0.493 e. The van der Waals surface area contributed by atoms with Crippen molar-refractivity contribution in [2.45, 2.75) is 24.1 Å². The molecule has 0 aliphatic carbocycles. The highest BCUT2D eigenvalue weighted by Crippen LogP contribution is 2.30. The number of benzene rings is 3. The minimum absolute atomic E-state index is 0.0467. The molecular formula is C26H26N2O5S. The summed E-state index contributed by atoms with van der Waals surface area (Å²) in [6, 6.07) is 19.7. The third-order valence-corrected chi connectivity index (χ3v) is 7.25. The van der Waals surface area contributed by atoms with Crippen molar-refractivity contribution in [3.05, 3.63) is 84.1 Å². The third-order valence-electron chi connectivity index (χ3n) is 5.55. The normalized spacial score (nSPS) is 11.4. The molecule has 1 heterocycles. The van der Waals surface area contributed by atoms with E-state index in [0.29, 0.717) is 33.7 Å². The lowest BCUT2D eigenvalue weighted by Crippen LogP contribution is -2.18. The predicted octanol–water partition coefficient (Wildman–Crippen LogP) is 4.58. The fraction of sp³-hybridized carbons (Fsp3) is 0.192. The van der Waals surface area contributed by atoms with Gasteiger partial charge in [-0.15, -0.1) is 0 Å². The van der Waals surface area contributed by atoms with Gasteiger partial charge < -0.3 is 19.4 Å². The molecule has 3 aromatic carbocycles. The molecule has 1 aromatic heterocycles. The summed E-state index contributed by atoms with van der Waals surface area (Å²) in [5.74, 6) is 0.644. The molecule has 1 amide bonds. The van der Waals surface area contributed by atoms with Gasteiger partial charge in [0.1, 0.15) is 6.54 Å². The lowest BCUT2D eigenvalue weighted by Gasteiger charge is -2.11. The molecular weight excluding hydrogens is 452 g/mol. The van der Waals surface area contributed by atoms with E-state index in [4.69, 9.17) is 9.47 Å². The molecule has 0 fully saturated rings. The van der Waals surface area contributed by atoms with Crippen LogP contribution in [0.3, 0.4) is 0 Å². The number of carbonyl (C=O) groups is 1. The largest absolute Gasteiger partial charge is 0.493 e. The van der Waals surface area contributed by atoms with E-state index in [2.05, 4.69) is 5.32 Å². The Morgan fingerprint density at radius 2 is 1.65 bits per heavy atom. The van der Waals surface area contributed by atoms with Gasteiger partial charge in [0.25, 0.3) is 0 Å². The number of ether oxygens (including phenoxy) is 2. The number of hydrogen-bond donors (Lipinski definition) is 1. The SMILES string of the molecule is COc1ccc(NC(=O)Cn2cc(S(=O)(=O)Cc3ccc(C)cc3)c3ccccc32)cc1OC. The Balaban J connectivity index is 1.60. The molecule has 0 aliphatic rings. The van der Waals surface area contributed by atoms with Crippen LogP contribution in [0.5, 0.6) is 11.5 Å². The van der Waals surface area contributed by atoms with Crippen LogP contribution in [0, 0.1) is 6.92 Å². The second kappa shape index (κ2) is 9.61. The Kier molecular flexibility index (Phi) is 6.61. The number of aryl methyl sites for hydroxylation is 1. The molecule has 0 saturated carbocycles. The fourth-order valence-electron chi connectivity index (χ4n) is 3.84. The molecule has 8 heteroatoms. The molecule has 4 rings (SSSR count). The van der Waals surface area contributed by atoms with Crippen molar-refractivity contribution in [2.24, 2.45) is 0 Å². The lowest BCUT2D eigenvalue weighted by molar-refractivity contribution is -0.116. The molecule has 0 saturated heterocycles. The molecule has 0 radical (unpaired) electrons. The second-order valence-corrected chi connectivity index (χ2v) is 9.96. The number of carbonyl (C=O) groups excluding carboxylic acids is 1. The first-order valence-corrected chi connectivity index (χ1v) is 12.3. The Labute approximate surface area is 198 Å². The van der Waals surface area contributed by atoms with Gasteiger partial charge in [-0.05, 0) is 30.7 Å². The maximum absolute atomic E-state index is 13.3. The molecule has 7 nitrogen and oxygen atoms in total. The van der Waals surface area contributed by atoms with Crippen LogP contribution in [-0.2, 0) is 26.9 Å². The monoisotopic (exact) mass is 478 g/mol. The van der Waals surface area contributed by atoms with Crippen molar-refractivity contribution >= 4 is 32.3 Å². The van der Waals surface area contributed by atoms with Crippen LogP contribution in [0.4, 0.5) is 5.69 Å². The van der Waals surface area contributed by atoms with Gasteiger partial charge in [0.05, 0.1) is 24.9 Å². The quantitative estimate of drug-likeness (QED) is 0.401. The number of fused-ring (bicyclic) bond motifs is 1. The zero-order valence-electron chi connectivity index (χ0n) is 19.2. The molecule has 1 N–H and O–H groups in total. The zero-order valence-corrected chi connectivity index (χ0v) is 20.1. The average molecular weight is 479 g/mol. The molecule has 34 heavy (non-hydrogen) atoms. The van der Waals surface area contributed by atoms with E-state index in [1.165, 1.54) is 14.2 Å². The Hall–Kier alpha value is -3.78. The highest BCUT2D eigenvalue weighted by atomic mass is 32.2. The Morgan fingerprint density at radius 3 is 2.35 bits per heavy atom. The third kappa shape index (κ3) is 4.92. The summed E-state index contributed by atoms with van der Waals surface area (Å²) in [5.41, 5.74) is 3.01. The van der Waals surface area contributed by atoms with E-state index in [1.807, 2.05) is 43.3 Å². The number of sulfone groups is 1. The first-order chi connectivity index (χ1) is 16.3. The number of amides is 1. The maximum atomic E-state index is 13.3. The van der Waals surface area contributed by atoms with Gasteiger partial charge in [0.15, 0.2) is 21.3 Å². The van der Waals surface area contributed by atoms with E-state index in [1.54, 1.807) is 41.1 Å². The fourth-order valence-corrected chi connectivity index (χ4v) is 5.42. The number of hydrogen-bond acceptors (Lipinski definition) is 5. The van der Waals surface area contributed by atoms with Gasteiger partial charge in [-0.3, -0.25) is 4.79 Å². The summed E-state index contributed by atoms with van der Waals surface area (Å²) < 4.78 is 38.7. The number of para-hydroxylation sites is 1. The Bertz CT molecular complexity index is 1440.